The van der Waals surface area contributed by atoms with Crippen molar-refractivity contribution in [1.82, 2.24) is 25.4 Å². The van der Waals surface area contributed by atoms with Crippen molar-refractivity contribution in [2.45, 2.75) is 141 Å². The average molecular weight is 784 g/mol. The van der Waals surface area contributed by atoms with Gasteiger partial charge < -0.3 is 25.4 Å². The Bertz CT molecular complexity index is 1600. The second kappa shape index (κ2) is 18.7. The van der Waals surface area contributed by atoms with E-state index in [2.05, 4.69) is 29.4 Å². The number of rotatable bonds is 21. The summed E-state index contributed by atoms with van der Waals surface area (Å²) in [5.74, 6) is -2.18. The van der Waals surface area contributed by atoms with Crippen LogP contribution < -0.4 is 10.6 Å². The van der Waals surface area contributed by atoms with E-state index in [4.69, 9.17) is 9.72 Å². The fourth-order valence-corrected chi connectivity index (χ4v) is 9.96. The molecule has 13 heteroatoms. The van der Waals surface area contributed by atoms with Crippen molar-refractivity contribution in [1.29, 1.82) is 0 Å². The maximum Gasteiger partial charge on any atom is 0.306 e. The van der Waals surface area contributed by atoms with Crippen LogP contribution in [0.25, 0.3) is 0 Å². The minimum atomic E-state index is -0.968. The monoisotopic (exact) mass is 783 g/mol. The highest BCUT2D eigenvalue weighted by atomic mass is 32.1. The van der Waals surface area contributed by atoms with Gasteiger partial charge in [-0.25, -0.2) is 9.37 Å². The number of aliphatic carboxylic acids is 1. The van der Waals surface area contributed by atoms with Crippen molar-refractivity contribution in [2.24, 2.45) is 17.3 Å². The molecule has 3 saturated carbocycles. The molecule has 1 saturated heterocycles. The summed E-state index contributed by atoms with van der Waals surface area (Å²) < 4.78 is 20.5. The number of carboxylic acid groups (broad SMARTS) is 1. The largest absolute Gasteiger partial charge is 0.481 e. The molecule has 1 aromatic carbocycles. The van der Waals surface area contributed by atoms with Crippen LogP contribution in [0.5, 0.6) is 0 Å². The summed E-state index contributed by atoms with van der Waals surface area (Å²) in [4.78, 5) is 61.8. The quantitative estimate of drug-likeness (QED) is 0.129. The van der Waals surface area contributed by atoms with Crippen LogP contribution in [0.15, 0.2) is 35.7 Å². The smallest absolute Gasteiger partial charge is 0.306 e. The Morgan fingerprint density at radius 3 is 2.42 bits per heavy atom. The molecule has 1 unspecified atom stereocenters. The number of likely N-dealkylation sites (N-methyl/N-ethyl adjacent to an activating group) is 2. The highest BCUT2D eigenvalue weighted by molar-refractivity contribution is 7.09. The Morgan fingerprint density at radius 1 is 1.09 bits per heavy atom. The molecule has 4 aliphatic rings. The number of carbonyl (C=O) groups excluding carboxylic acids is 3. The van der Waals surface area contributed by atoms with Gasteiger partial charge in [0, 0.05) is 37.5 Å². The van der Waals surface area contributed by atoms with Crippen LogP contribution in [0.1, 0.15) is 125 Å². The lowest BCUT2D eigenvalue weighted by Crippen LogP contribution is -2.64. The molecule has 2 heterocycles. The molecule has 0 spiro atoms. The molecule has 11 nitrogen and oxygen atoms in total. The number of nitrogens with one attached hydrogen (secondary N) is 2. The van der Waals surface area contributed by atoms with Crippen LogP contribution in [0.2, 0.25) is 0 Å². The predicted molar refractivity (Wildman–Crippen MR) is 211 cm³/mol. The molecule has 1 aromatic heterocycles. The Morgan fingerprint density at radius 2 is 1.80 bits per heavy atom. The topological polar surface area (TPSA) is 141 Å². The lowest BCUT2D eigenvalue weighted by Gasteiger charge is -2.66. The first-order valence-corrected chi connectivity index (χ1v) is 21.1. The number of nitrogens with zero attached hydrogens (tertiary/aromatic N) is 3. The predicted octanol–water partition coefficient (Wildman–Crippen LogP) is 6.58. The number of carbonyl (C=O) groups is 4. The van der Waals surface area contributed by atoms with Crippen LogP contribution in [0, 0.1) is 17.3 Å². The van der Waals surface area contributed by atoms with Gasteiger partial charge in [0.1, 0.15) is 28.5 Å². The summed E-state index contributed by atoms with van der Waals surface area (Å²) >= 11 is 1.32. The number of hydrogen-bond acceptors (Lipinski definition) is 8. The highest BCUT2D eigenvalue weighted by Crippen LogP contribution is 2.71. The number of hydrogen-bond donors (Lipinski definition) is 3. The summed E-state index contributed by atoms with van der Waals surface area (Å²) in [6, 6.07) is 8.00. The first-order chi connectivity index (χ1) is 26.1. The lowest BCUT2D eigenvalue weighted by atomic mass is 9.41. The third-order valence-electron chi connectivity index (χ3n) is 12.2. The van der Waals surface area contributed by atoms with E-state index in [1.807, 2.05) is 44.3 Å². The van der Waals surface area contributed by atoms with E-state index in [1.54, 1.807) is 24.3 Å². The second-order valence-electron chi connectivity index (χ2n) is 17.0. The summed E-state index contributed by atoms with van der Waals surface area (Å²) in [5, 5.41) is 18.1. The Balaban J connectivity index is 1.27. The van der Waals surface area contributed by atoms with Gasteiger partial charge in [-0.1, -0.05) is 63.9 Å². The molecule has 3 aliphatic carbocycles. The minimum absolute atomic E-state index is 0.0388. The third kappa shape index (κ3) is 10.9. The fourth-order valence-electron chi connectivity index (χ4n) is 9.10. The number of piperidine rings is 1. The summed E-state index contributed by atoms with van der Waals surface area (Å²) in [7, 11) is 3.75. The molecule has 3 N–H and O–H groups in total. The molecule has 2 bridgehead atoms. The van der Waals surface area contributed by atoms with E-state index < -0.39 is 35.7 Å². The molecule has 55 heavy (non-hydrogen) atoms. The molecule has 3 amide bonds. The summed E-state index contributed by atoms with van der Waals surface area (Å²) in [6.45, 7) is 8.90. The SMILES string of the molecule is CCO[C@H](C[C@H](C(C)C)N(C)C(=O)C(CCCC12CC(F)(C1)C2)NC(=O)[C@H]1CCCCN1C)c1nc(C(=O)N[C@@H](Cc2ccccc2)C[C@H](C)C(=O)O)cs1. The van der Waals surface area contributed by atoms with E-state index in [-0.39, 0.29) is 53.3 Å². The standard InChI is InChI=1S/C42H62FN5O6S/c1-7-54-35(38-46-32(23-55-38)36(49)44-30(20-28(4)40(52)53)21-29-14-9-8-10-15-29)22-34(27(2)3)48(6)39(51)31(16-13-18-41-24-42(43,25-41)26-41)45-37(50)33-17-11-12-19-47(33)5/h8-10,14-15,23,27-28,30-31,33-35H,7,11-13,16-22,24-26H2,1-6H3,(H,44,49)(H,45,50)(H,52,53)/t28-,30+,31?,33+,34+,35+,41?,42?/m0/s1. The molecule has 4 fully saturated rings. The first-order valence-electron chi connectivity index (χ1n) is 20.2. The molecule has 6 atom stereocenters. The van der Waals surface area contributed by atoms with Gasteiger partial charge in [-0.2, -0.15) is 0 Å². The van der Waals surface area contributed by atoms with Crippen molar-refractivity contribution in [3.8, 4) is 0 Å². The van der Waals surface area contributed by atoms with Gasteiger partial charge in [0.05, 0.1) is 12.0 Å². The van der Waals surface area contributed by atoms with Gasteiger partial charge in [0.15, 0.2) is 0 Å². The Kier molecular flexibility index (Phi) is 14.5. The van der Waals surface area contributed by atoms with E-state index in [0.717, 1.165) is 44.2 Å². The van der Waals surface area contributed by atoms with Gasteiger partial charge in [0.25, 0.3) is 5.91 Å². The Labute approximate surface area is 330 Å². The van der Waals surface area contributed by atoms with E-state index in [0.29, 0.717) is 50.1 Å². The lowest BCUT2D eigenvalue weighted by molar-refractivity contribution is -0.217. The Hall–Kier alpha value is -3.42. The zero-order valence-electron chi connectivity index (χ0n) is 33.5. The number of aromatic nitrogens is 1. The maximum atomic E-state index is 14.4. The maximum absolute atomic E-state index is 14.4. The van der Waals surface area contributed by atoms with Crippen LogP contribution >= 0.6 is 11.3 Å². The van der Waals surface area contributed by atoms with E-state index in [9.17, 15) is 28.7 Å². The average Bonchev–Trinajstić information content (AvgIpc) is 3.62. The van der Waals surface area contributed by atoms with E-state index >= 15 is 0 Å². The van der Waals surface area contributed by atoms with Gasteiger partial charge in [0.2, 0.25) is 11.8 Å². The van der Waals surface area contributed by atoms with Crippen LogP contribution in [-0.2, 0) is 25.5 Å². The molecule has 6 rings (SSSR count). The van der Waals surface area contributed by atoms with Crippen LogP contribution in [0.4, 0.5) is 4.39 Å². The number of amides is 3. The number of benzene rings is 1. The minimum Gasteiger partial charge on any atom is -0.481 e. The zero-order chi connectivity index (χ0) is 39.9. The number of carboxylic acids is 1. The van der Waals surface area contributed by atoms with Gasteiger partial charge >= 0.3 is 5.97 Å². The molecule has 1 aliphatic heterocycles. The number of ether oxygens (including phenoxy) is 1. The first kappa shape index (κ1) is 42.7. The number of alkyl halides is 1. The fraction of sp³-hybridized carbons (Fsp3) is 0.690. The molecular formula is C42H62FN5O6S. The molecule has 304 valence electrons. The summed E-state index contributed by atoms with van der Waals surface area (Å²) in [6.07, 6.45) is 7.40. The highest BCUT2D eigenvalue weighted by Gasteiger charge is 2.68. The van der Waals surface area contributed by atoms with Gasteiger partial charge in [-0.05, 0) is 95.2 Å². The van der Waals surface area contributed by atoms with Gasteiger partial charge in [-0.3, -0.25) is 24.1 Å². The second-order valence-corrected chi connectivity index (χ2v) is 17.9. The van der Waals surface area contributed by atoms with Gasteiger partial charge in [-0.15, -0.1) is 11.3 Å². The summed E-state index contributed by atoms with van der Waals surface area (Å²) in [5.41, 5.74) is 0.321. The molecule has 0 radical (unpaired) electrons. The number of halogens is 1. The number of likely N-dealkylation sites (tertiary alicyclic amines) is 1. The van der Waals surface area contributed by atoms with Crippen molar-refractivity contribution in [3.05, 3.63) is 52.0 Å². The molecule has 2 aromatic rings. The molecular weight excluding hydrogens is 722 g/mol. The van der Waals surface area contributed by atoms with Crippen molar-refractivity contribution < 1.29 is 33.4 Å². The zero-order valence-corrected chi connectivity index (χ0v) is 34.3. The van der Waals surface area contributed by atoms with Crippen LogP contribution in [0.3, 0.4) is 0 Å². The van der Waals surface area contributed by atoms with Crippen molar-refractivity contribution in [3.63, 3.8) is 0 Å². The van der Waals surface area contributed by atoms with Crippen molar-refractivity contribution >= 4 is 35.0 Å². The van der Waals surface area contributed by atoms with Crippen LogP contribution in [-0.4, -0.2) is 101 Å². The van der Waals surface area contributed by atoms with E-state index in [1.165, 1.54) is 11.3 Å². The van der Waals surface area contributed by atoms with Crippen molar-refractivity contribution in [2.75, 3.05) is 27.2 Å². The number of thiazole rings is 1. The normalized spacial score (nSPS) is 24.8. The third-order valence-corrected chi connectivity index (χ3v) is 13.1.